The van der Waals surface area contributed by atoms with Gasteiger partial charge in [-0.25, -0.2) is 0 Å². The Hall–Kier alpha value is -1.92. The number of fused-ring (bicyclic) bond motifs is 1. The normalized spacial score (nSPS) is 14.7. The zero-order chi connectivity index (χ0) is 15.5. The van der Waals surface area contributed by atoms with Gasteiger partial charge in [0.1, 0.15) is 0 Å². The molecule has 0 fully saturated rings. The molecule has 0 atom stereocenters. The molecule has 0 spiro atoms. The minimum atomic E-state index is -0.286. The minimum Gasteiger partial charge on any atom is -0.348 e. The Kier molecular flexibility index (Phi) is 4.40. The van der Waals surface area contributed by atoms with E-state index in [9.17, 15) is 9.59 Å². The number of amides is 1. The fraction of sp³-hybridized carbons (Fsp3) is 0.250. The summed E-state index contributed by atoms with van der Waals surface area (Å²) in [6, 6.07) is 6.85. The SMILES string of the molecule is O=C(NCC1=CCNCC1)c1cc(=O)[nH]c2c(Br)cccc12. The quantitative estimate of drug-likeness (QED) is 0.731. The number of halogens is 1. The van der Waals surface area contributed by atoms with Crippen LogP contribution in [0.25, 0.3) is 10.9 Å². The number of rotatable bonds is 3. The van der Waals surface area contributed by atoms with Crippen LogP contribution in [0.3, 0.4) is 0 Å². The van der Waals surface area contributed by atoms with Gasteiger partial charge in [-0.15, -0.1) is 0 Å². The van der Waals surface area contributed by atoms with Crippen LogP contribution in [0, 0.1) is 0 Å². The van der Waals surface area contributed by atoms with Crippen molar-refractivity contribution in [2.24, 2.45) is 0 Å². The van der Waals surface area contributed by atoms with E-state index in [1.54, 1.807) is 0 Å². The Morgan fingerprint density at radius 1 is 1.36 bits per heavy atom. The fourth-order valence-electron chi connectivity index (χ4n) is 2.55. The summed E-state index contributed by atoms with van der Waals surface area (Å²) >= 11 is 3.40. The summed E-state index contributed by atoms with van der Waals surface area (Å²) in [4.78, 5) is 27.0. The molecule has 0 aliphatic carbocycles. The molecule has 1 aliphatic heterocycles. The number of benzene rings is 1. The molecule has 0 radical (unpaired) electrons. The number of hydrogen-bond donors (Lipinski definition) is 3. The molecule has 1 aromatic heterocycles. The molecule has 6 heteroatoms. The lowest BCUT2D eigenvalue weighted by atomic mass is 10.1. The van der Waals surface area contributed by atoms with Gasteiger partial charge in [-0.3, -0.25) is 9.59 Å². The molecular weight excluding hydrogens is 346 g/mol. The Labute approximate surface area is 135 Å². The van der Waals surface area contributed by atoms with Crippen molar-refractivity contribution in [3.8, 4) is 0 Å². The molecule has 2 heterocycles. The molecule has 5 nitrogen and oxygen atoms in total. The van der Waals surface area contributed by atoms with Crippen molar-refractivity contribution in [2.45, 2.75) is 6.42 Å². The minimum absolute atomic E-state index is 0.228. The predicted molar refractivity (Wildman–Crippen MR) is 90.2 cm³/mol. The summed E-state index contributed by atoms with van der Waals surface area (Å²) in [7, 11) is 0. The van der Waals surface area contributed by atoms with Crippen molar-refractivity contribution in [2.75, 3.05) is 19.6 Å². The Bertz CT molecular complexity index is 811. The van der Waals surface area contributed by atoms with Crippen LogP contribution >= 0.6 is 15.9 Å². The van der Waals surface area contributed by atoms with Crippen LogP contribution in [0.4, 0.5) is 0 Å². The second-order valence-corrected chi connectivity index (χ2v) is 6.06. The van der Waals surface area contributed by atoms with Crippen LogP contribution in [-0.4, -0.2) is 30.5 Å². The largest absolute Gasteiger partial charge is 0.348 e. The van der Waals surface area contributed by atoms with Crippen molar-refractivity contribution in [3.05, 3.63) is 56.3 Å². The first-order chi connectivity index (χ1) is 10.6. The number of pyridine rings is 1. The third kappa shape index (κ3) is 3.13. The number of aromatic nitrogens is 1. The first-order valence-electron chi connectivity index (χ1n) is 7.13. The molecule has 3 rings (SSSR count). The van der Waals surface area contributed by atoms with E-state index in [2.05, 4.69) is 37.6 Å². The van der Waals surface area contributed by atoms with Crippen LogP contribution in [-0.2, 0) is 0 Å². The van der Waals surface area contributed by atoms with E-state index in [0.717, 1.165) is 29.4 Å². The smallest absolute Gasteiger partial charge is 0.252 e. The lowest BCUT2D eigenvalue weighted by molar-refractivity contribution is 0.0958. The van der Waals surface area contributed by atoms with Crippen molar-refractivity contribution >= 4 is 32.7 Å². The number of carbonyl (C=O) groups is 1. The first-order valence-corrected chi connectivity index (χ1v) is 7.93. The molecule has 3 N–H and O–H groups in total. The molecule has 0 unspecified atom stereocenters. The zero-order valence-corrected chi connectivity index (χ0v) is 13.5. The van der Waals surface area contributed by atoms with Crippen LogP contribution in [0.2, 0.25) is 0 Å². The number of carbonyl (C=O) groups excluding carboxylic acids is 1. The van der Waals surface area contributed by atoms with E-state index < -0.39 is 0 Å². The highest BCUT2D eigenvalue weighted by molar-refractivity contribution is 9.10. The highest BCUT2D eigenvalue weighted by atomic mass is 79.9. The second kappa shape index (κ2) is 6.46. The predicted octanol–water partition coefficient (Wildman–Crippen LogP) is 1.94. The van der Waals surface area contributed by atoms with Gasteiger partial charge in [-0.05, 0) is 35.0 Å². The van der Waals surface area contributed by atoms with Crippen molar-refractivity contribution in [1.82, 2.24) is 15.6 Å². The molecule has 22 heavy (non-hydrogen) atoms. The summed E-state index contributed by atoms with van der Waals surface area (Å²) in [6.07, 6.45) is 3.03. The van der Waals surface area contributed by atoms with Gasteiger partial charge in [-0.2, -0.15) is 0 Å². The molecule has 0 bridgehead atoms. The lowest BCUT2D eigenvalue weighted by Crippen LogP contribution is -2.30. The molecule has 1 amide bonds. The van der Waals surface area contributed by atoms with Crippen molar-refractivity contribution in [3.63, 3.8) is 0 Å². The van der Waals surface area contributed by atoms with Gasteiger partial charge in [-0.1, -0.05) is 23.8 Å². The Morgan fingerprint density at radius 2 is 2.23 bits per heavy atom. The number of nitrogens with one attached hydrogen (secondary N) is 3. The van der Waals surface area contributed by atoms with E-state index in [-0.39, 0.29) is 11.5 Å². The summed E-state index contributed by atoms with van der Waals surface area (Å²) in [5.41, 5.74) is 1.96. The van der Waals surface area contributed by atoms with Crippen LogP contribution in [0.15, 0.2) is 45.2 Å². The fourth-order valence-corrected chi connectivity index (χ4v) is 3.02. The lowest BCUT2D eigenvalue weighted by Gasteiger charge is -2.15. The van der Waals surface area contributed by atoms with Gasteiger partial charge in [0.2, 0.25) is 5.56 Å². The van der Waals surface area contributed by atoms with Crippen LogP contribution < -0.4 is 16.2 Å². The number of aromatic amines is 1. The summed E-state index contributed by atoms with van der Waals surface area (Å²) in [6.45, 7) is 2.29. The maximum atomic E-state index is 12.4. The summed E-state index contributed by atoms with van der Waals surface area (Å²) < 4.78 is 0.762. The molecule has 1 aromatic carbocycles. The van der Waals surface area contributed by atoms with E-state index in [4.69, 9.17) is 0 Å². The molecule has 114 valence electrons. The number of H-pyrrole nitrogens is 1. The maximum Gasteiger partial charge on any atom is 0.252 e. The highest BCUT2D eigenvalue weighted by Gasteiger charge is 2.13. The van der Waals surface area contributed by atoms with E-state index in [0.29, 0.717) is 17.6 Å². The third-order valence-electron chi connectivity index (χ3n) is 3.71. The molecule has 0 saturated heterocycles. The van der Waals surface area contributed by atoms with Gasteiger partial charge in [0, 0.05) is 29.0 Å². The highest BCUT2D eigenvalue weighted by Crippen LogP contribution is 2.23. The molecule has 2 aromatic rings. The number of para-hydroxylation sites is 1. The van der Waals surface area contributed by atoms with Gasteiger partial charge in [0.15, 0.2) is 0 Å². The molecule has 0 saturated carbocycles. The van der Waals surface area contributed by atoms with Gasteiger partial charge >= 0.3 is 0 Å². The number of hydrogen-bond acceptors (Lipinski definition) is 3. The van der Waals surface area contributed by atoms with Crippen LogP contribution in [0.1, 0.15) is 16.8 Å². The maximum absolute atomic E-state index is 12.4. The average molecular weight is 362 g/mol. The van der Waals surface area contributed by atoms with Gasteiger partial charge in [0.05, 0.1) is 11.1 Å². The van der Waals surface area contributed by atoms with Crippen molar-refractivity contribution in [1.29, 1.82) is 0 Å². The Balaban J connectivity index is 1.89. The summed E-state index contributed by atoms with van der Waals surface area (Å²) in [5, 5.41) is 6.86. The van der Waals surface area contributed by atoms with Gasteiger partial charge in [0.25, 0.3) is 5.91 Å². The standard InChI is InChI=1S/C16H16BrN3O2/c17-13-3-1-2-11-12(8-14(21)20-15(11)13)16(22)19-9-10-4-6-18-7-5-10/h1-4,8,18H,5-7,9H2,(H,19,22)(H,20,21). The topological polar surface area (TPSA) is 74.0 Å². The van der Waals surface area contributed by atoms with E-state index in [1.165, 1.54) is 11.6 Å². The summed E-state index contributed by atoms with van der Waals surface area (Å²) in [5.74, 6) is -0.228. The van der Waals surface area contributed by atoms with Crippen LogP contribution in [0.5, 0.6) is 0 Å². The molecule has 1 aliphatic rings. The van der Waals surface area contributed by atoms with Gasteiger partial charge < -0.3 is 15.6 Å². The second-order valence-electron chi connectivity index (χ2n) is 5.21. The average Bonchev–Trinajstić information content (AvgIpc) is 2.54. The van der Waals surface area contributed by atoms with E-state index in [1.807, 2.05) is 18.2 Å². The molecular formula is C16H16BrN3O2. The Morgan fingerprint density at radius 3 is 3.00 bits per heavy atom. The van der Waals surface area contributed by atoms with E-state index >= 15 is 0 Å². The first kappa shape index (κ1) is 15.0. The monoisotopic (exact) mass is 361 g/mol. The van der Waals surface area contributed by atoms with Crippen molar-refractivity contribution < 1.29 is 4.79 Å². The third-order valence-corrected chi connectivity index (χ3v) is 4.37. The zero-order valence-electron chi connectivity index (χ0n) is 11.9.